The summed E-state index contributed by atoms with van der Waals surface area (Å²) in [7, 11) is 1.63. The monoisotopic (exact) mass is 247 g/mol. The fourth-order valence-electron chi connectivity index (χ4n) is 1.95. The summed E-state index contributed by atoms with van der Waals surface area (Å²) in [6, 6.07) is 3.92. The maximum atomic E-state index is 5.06. The van der Waals surface area contributed by atoms with E-state index in [1.165, 1.54) is 10.6 Å². The molecule has 0 amide bonds. The zero-order chi connectivity index (χ0) is 11.7. The molecule has 5 heteroatoms. The molecule has 0 saturated carbocycles. The van der Waals surface area contributed by atoms with Crippen molar-refractivity contribution in [1.82, 2.24) is 4.98 Å². The molecule has 0 aliphatic carbocycles. The Morgan fingerprint density at radius 1 is 1.41 bits per heavy atom. The van der Waals surface area contributed by atoms with E-state index in [9.17, 15) is 0 Å². The van der Waals surface area contributed by atoms with E-state index in [2.05, 4.69) is 21.1 Å². The van der Waals surface area contributed by atoms with E-state index in [4.69, 9.17) is 4.74 Å². The number of allylic oxidation sites excluding steroid dienone is 1. The minimum atomic E-state index is 0.649. The average Bonchev–Trinajstić information content (AvgIpc) is 2.86. The molecule has 2 aliphatic heterocycles. The molecule has 3 rings (SSSR count). The van der Waals surface area contributed by atoms with E-state index in [1.54, 1.807) is 18.9 Å². The van der Waals surface area contributed by atoms with Crippen LogP contribution in [0, 0.1) is 0 Å². The molecule has 3 heterocycles. The van der Waals surface area contributed by atoms with Gasteiger partial charge in [0.25, 0.3) is 0 Å². The van der Waals surface area contributed by atoms with Crippen LogP contribution in [-0.4, -0.2) is 30.2 Å². The number of thioether (sulfide) groups is 1. The summed E-state index contributed by atoms with van der Waals surface area (Å²) >= 11 is 1.80. The Balaban J connectivity index is 1.85. The van der Waals surface area contributed by atoms with Crippen LogP contribution in [0.5, 0.6) is 5.88 Å². The van der Waals surface area contributed by atoms with E-state index in [1.807, 2.05) is 18.3 Å². The third kappa shape index (κ3) is 2.02. The second-order valence-corrected chi connectivity index (χ2v) is 4.86. The molecule has 2 aliphatic rings. The Morgan fingerprint density at radius 3 is 3.12 bits per heavy atom. The van der Waals surface area contributed by atoms with Gasteiger partial charge in [-0.25, -0.2) is 4.98 Å². The molecule has 0 N–H and O–H groups in total. The first kappa shape index (κ1) is 10.7. The highest BCUT2D eigenvalue weighted by Gasteiger charge is 2.21. The topological polar surface area (TPSA) is 37.7 Å². The maximum Gasteiger partial charge on any atom is 0.213 e. The second kappa shape index (κ2) is 4.41. The fourth-order valence-corrected chi connectivity index (χ4v) is 2.85. The normalized spacial score (nSPS) is 18.5. The summed E-state index contributed by atoms with van der Waals surface area (Å²) in [5.41, 5.74) is 2.36. The Hall–Kier alpha value is -1.49. The van der Waals surface area contributed by atoms with Crippen LogP contribution in [0.15, 0.2) is 34.4 Å². The number of aliphatic imine (C=N–C) groups is 1. The number of hydrogen-bond acceptors (Lipinski definition) is 5. The minimum Gasteiger partial charge on any atom is -0.481 e. The largest absolute Gasteiger partial charge is 0.481 e. The molecule has 0 atom stereocenters. The number of aromatic nitrogens is 1. The average molecular weight is 247 g/mol. The lowest BCUT2D eigenvalue weighted by Gasteiger charge is -2.25. The first-order valence-electron chi connectivity index (χ1n) is 5.52. The number of pyridine rings is 1. The van der Waals surface area contributed by atoms with Crippen molar-refractivity contribution in [3.8, 4) is 5.88 Å². The van der Waals surface area contributed by atoms with Crippen molar-refractivity contribution in [3.63, 3.8) is 0 Å². The maximum absolute atomic E-state index is 5.06. The van der Waals surface area contributed by atoms with Gasteiger partial charge in [-0.05, 0) is 6.07 Å². The molecule has 0 unspecified atom stereocenters. The van der Waals surface area contributed by atoms with Crippen LogP contribution in [0.1, 0.15) is 6.42 Å². The lowest BCUT2D eigenvalue weighted by molar-refractivity contribution is 0.398. The number of fused-ring (bicyclic) bond motifs is 1. The number of rotatable bonds is 2. The van der Waals surface area contributed by atoms with Crippen molar-refractivity contribution in [2.45, 2.75) is 6.42 Å². The van der Waals surface area contributed by atoms with Gasteiger partial charge in [0.15, 0.2) is 0 Å². The first-order chi connectivity index (χ1) is 8.36. The Kier molecular flexibility index (Phi) is 2.76. The van der Waals surface area contributed by atoms with Gasteiger partial charge in [0.05, 0.1) is 30.6 Å². The molecule has 0 radical (unpaired) electrons. The molecule has 88 valence electrons. The molecule has 0 aromatic carbocycles. The molecule has 1 aromatic heterocycles. The van der Waals surface area contributed by atoms with Gasteiger partial charge in [-0.2, -0.15) is 0 Å². The second-order valence-electron chi connectivity index (χ2n) is 3.87. The number of methoxy groups -OCH3 is 1. The van der Waals surface area contributed by atoms with Crippen molar-refractivity contribution in [2.24, 2.45) is 4.99 Å². The predicted molar refractivity (Wildman–Crippen MR) is 70.7 cm³/mol. The molecule has 0 bridgehead atoms. The molecule has 1 aromatic rings. The van der Waals surface area contributed by atoms with Crippen molar-refractivity contribution in [3.05, 3.63) is 29.4 Å². The fraction of sp³-hybridized carbons (Fsp3) is 0.333. The summed E-state index contributed by atoms with van der Waals surface area (Å²) in [5, 5.41) is 0. The summed E-state index contributed by atoms with van der Waals surface area (Å²) in [4.78, 5) is 12.2. The van der Waals surface area contributed by atoms with Gasteiger partial charge in [0, 0.05) is 30.1 Å². The van der Waals surface area contributed by atoms with Gasteiger partial charge in [-0.3, -0.25) is 4.99 Å². The van der Waals surface area contributed by atoms with Crippen LogP contribution in [-0.2, 0) is 0 Å². The molecular formula is C12H13N3OS. The molecular weight excluding hydrogens is 234 g/mol. The van der Waals surface area contributed by atoms with Crippen LogP contribution in [0.2, 0.25) is 0 Å². The Bertz CT molecular complexity index is 481. The third-order valence-corrected chi connectivity index (χ3v) is 3.79. The minimum absolute atomic E-state index is 0.649. The van der Waals surface area contributed by atoms with Crippen LogP contribution in [0.3, 0.4) is 0 Å². The van der Waals surface area contributed by atoms with E-state index >= 15 is 0 Å². The lowest BCUT2D eigenvalue weighted by Crippen LogP contribution is -2.25. The van der Waals surface area contributed by atoms with Gasteiger partial charge in [-0.15, -0.1) is 0 Å². The third-order valence-electron chi connectivity index (χ3n) is 2.88. The Morgan fingerprint density at radius 2 is 2.35 bits per heavy atom. The number of anilines is 1. The number of ether oxygens (including phenoxy) is 1. The van der Waals surface area contributed by atoms with Crippen molar-refractivity contribution in [2.75, 3.05) is 24.4 Å². The van der Waals surface area contributed by atoms with Crippen molar-refractivity contribution < 1.29 is 4.74 Å². The highest BCUT2D eigenvalue weighted by Crippen LogP contribution is 2.31. The van der Waals surface area contributed by atoms with E-state index in [-0.39, 0.29) is 0 Å². The Labute approximate surface area is 104 Å². The van der Waals surface area contributed by atoms with Crippen LogP contribution >= 0.6 is 11.8 Å². The van der Waals surface area contributed by atoms with Gasteiger partial charge in [-0.1, -0.05) is 11.8 Å². The van der Waals surface area contributed by atoms with Crippen LogP contribution < -0.4 is 9.64 Å². The van der Waals surface area contributed by atoms with E-state index < -0.39 is 0 Å². The zero-order valence-corrected chi connectivity index (χ0v) is 10.4. The number of nitrogens with zero attached hydrogens (tertiary/aromatic N) is 3. The van der Waals surface area contributed by atoms with Gasteiger partial charge in [0.2, 0.25) is 5.88 Å². The van der Waals surface area contributed by atoms with Gasteiger partial charge >= 0.3 is 0 Å². The first-order valence-corrected chi connectivity index (χ1v) is 6.50. The summed E-state index contributed by atoms with van der Waals surface area (Å²) < 4.78 is 5.06. The standard InChI is InChI=1S/C12H13N3OS/c1-16-12-3-2-9(6-13-12)15-5-4-10-11(7-15)17-8-14-10/h2-3,6-7H,4-5,8H2,1H3. The molecule has 0 fully saturated rings. The molecule has 4 nitrogen and oxygen atoms in total. The summed E-state index contributed by atoms with van der Waals surface area (Å²) in [5.74, 6) is 1.52. The van der Waals surface area contributed by atoms with Crippen LogP contribution in [0.25, 0.3) is 0 Å². The quantitative estimate of drug-likeness (QED) is 0.803. The van der Waals surface area contributed by atoms with E-state index in [0.717, 1.165) is 24.5 Å². The lowest BCUT2D eigenvalue weighted by atomic mass is 10.2. The van der Waals surface area contributed by atoms with Gasteiger partial charge < -0.3 is 9.64 Å². The summed E-state index contributed by atoms with van der Waals surface area (Å²) in [6.45, 7) is 0.969. The predicted octanol–water partition coefficient (Wildman–Crippen LogP) is 2.29. The molecule has 17 heavy (non-hydrogen) atoms. The van der Waals surface area contributed by atoms with Gasteiger partial charge in [0.1, 0.15) is 0 Å². The highest BCUT2D eigenvalue weighted by atomic mass is 32.2. The molecule has 0 spiro atoms. The zero-order valence-electron chi connectivity index (χ0n) is 9.59. The highest BCUT2D eigenvalue weighted by molar-refractivity contribution is 8.04. The smallest absolute Gasteiger partial charge is 0.213 e. The van der Waals surface area contributed by atoms with Crippen molar-refractivity contribution in [1.29, 1.82) is 0 Å². The van der Waals surface area contributed by atoms with Crippen molar-refractivity contribution >= 4 is 23.2 Å². The summed E-state index contributed by atoms with van der Waals surface area (Å²) in [6.07, 6.45) is 5.03. The van der Waals surface area contributed by atoms with Crippen LogP contribution in [0.4, 0.5) is 5.69 Å². The van der Waals surface area contributed by atoms with E-state index in [0.29, 0.717) is 5.88 Å². The SMILES string of the molecule is COc1ccc(N2C=C3SCN=C3CC2)cn1. The molecule has 0 saturated heterocycles. The number of hydrogen-bond donors (Lipinski definition) is 0.